The Morgan fingerprint density at radius 2 is 2.19 bits per heavy atom. The molecule has 0 spiro atoms. The largest absolute Gasteiger partial charge is 0.381 e. The molecule has 21 heavy (non-hydrogen) atoms. The molecule has 1 aromatic rings. The van der Waals surface area contributed by atoms with Crippen molar-refractivity contribution in [2.24, 2.45) is 5.84 Å². The summed E-state index contributed by atoms with van der Waals surface area (Å²) in [7, 11) is 1.74. The van der Waals surface area contributed by atoms with Crippen LogP contribution in [0.2, 0.25) is 5.02 Å². The summed E-state index contributed by atoms with van der Waals surface area (Å²) < 4.78 is 13.2. The van der Waals surface area contributed by atoms with Crippen LogP contribution in [-0.2, 0) is 22.4 Å². The van der Waals surface area contributed by atoms with Crippen molar-refractivity contribution in [1.29, 1.82) is 0 Å². The third-order valence-corrected chi connectivity index (χ3v) is 4.92. The molecule has 0 saturated carbocycles. The van der Waals surface area contributed by atoms with Crippen molar-refractivity contribution >= 4 is 11.6 Å². The van der Waals surface area contributed by atoms with Gasteiger partial charge in [0.25, 0.3) is 0 Å². The van der Waals surface area contributed by atoms with Gasteiger partial charge in [-0.15, -0.1) is 0 Å². The molecule has 7 heteroatoms. The van der Waals surface area contributed by atoms with E-state index in [9.17, 15) is 0 Å². The minimum Gasteiger partial charge on any atom is -0.381 e. The Kier molecular flexibility index (Phi) is 5.62. The van der Waals surface area contributed by atoms with E-state index in [2.05, 4.69) is 17.4 Å². The third kappa shape index (κ3) is 3.24. The van der Waals surface area contributed by atoms with E-state index in [0.29, 0.717) is 19.6 Å². The van der Waals surface area contributed by atoms with Crippen molar-refractivity contribution in [2.45, 2.75) is 51.3 Å². The summed E-state index contributed by atoms with van der Waals surface area (Å²) in [5, 5.41) is 5.18. The van der Waals surface area contributed by atoms with Gasteiger partial charge in [0.1, 0.15) is 0 Å². The Bertz CT molecular complexity index is 472. The smallest absolute Gasteiger partial charge is 0.0891 e. The van der Waals surface area contributed by atoms with Gasteiger partial charge in [0.2, 0.25) is 0 Å². The number of aromatic nitrogens is 2. The fourth-order valence-corrected chi connectivity index (χ4v) is 3.28. The summed E-state index contributed by atoms with van der Waals surface area (Å²) in [6.07, 6.45) is 2.31. The van der Waals surface area contributed by atoms with Crippen LogP contribution in [0.4, 0.5) is 0 Å². The summed E-state index contributed by atoms with van der Waals surface area (Å²) in [6.45, 7) is 6.13. The summed E-state index contributed by atoms with van der Waals surface area (Å²) in [6, 6.07) is -0.0368. The maximum atomic E-state index is 6.40. The first-order valence-corrected chi connectivity index (χ1v) is 7.76. The van der Waals surface area contributed by atoms with E-state index in [1.54, 1.807) is 7.11 Å². The molecule has 0 bridgehead atoms. The van der Waals surface area contributed by atoms with Gasteiger partial charge in [0, 0.05) is 46.1 Å². The predicted molar refractivity (Wildman–Crippen MR) is 82.3 cm³/mol. The van der Waals surface area contributed by atoms with Crippen molar-refractivity contribution in [3.8, 4) is 0 Å². The van der Waals surface area contributed by atoms with E-state index in [-0.39, 0.29) is 11.6 Å². The van der Waals surface area contributed by atoms with Crippen LogP contribution in [0.3, 0.4) is 0 Å². The molecule has 0 radical (unpaired) electrons. The summed E-state index contributed by atoms with van der Waals surface area (Å²) in [4.78, 5) is 0. The molecule has 120 valence electrons. The van der Waals surface area contributed by atoms with Gasteiger partial charge in [-0.25, -0.2) is 0 Å². The fourth-order valence-electron chi connectivity index (χ4n) is 3.07. The van der Waals surface area contributed by atoms with Gasteiger partial charge < -0.3 is 9.47 Å². The molecule has 6 nitrogen and oxygen atoms in total. The van der Waals surface area contributed by atoms with Crippen LogP contribution in [0.25, 0.3) is 0 Å². The molecule has 1 aliphatic heterocycles. The number of nitrogens with one attached hydrogen (secondary N) is 1. The second kappa shape index (κ2) is 7.07. The number of methoxy groups -OCH3 is 1. The molecule has 0 aliphatic carbocycles. The number of aryl methyl sites for hydroxylation is 2. The first-order valence-electron chi connectivity index (χ1n) is 7.38. The molecule has 1 unspecified atom stereocenters. The lowest BCUT2D eigenvalue weighted by Crippen LogP contribution is -2.58. The highest BCUT2D eigenvalue weighted by Crippen LogP contribution is 2.31. The number of ether oxygens (including phenoxy) is 2. The molecule has 1 atom stereocenters. The highest BCUT2D eigenvalue weighted by Gasteiger charge is 2.41. The lowest BCUT2D eigenvalue weighted by Gasteiger charge is -2.42. The van der Waals surface area contributed by atoms with E-state index in [1.165, 1.54) is 0 Å². The van der Waals surface area contributed by atoms with Crippen LogP contribution in [0.15, 0.2) is 0 Å². The number of rotatable bonds is 6. The minimum atomic E-state index is -0.326. The Morgan fingerprint density at radius 3 is 2.71 bits per heavy atom. The summed E-state index contributed by atoms with van der Waals surface area (Å²) >= 11 is 6.40. The maximum absolute atomic E-state index is 6.40. The average molecular weight is 317 g/mol. The van der Waals surface area contributed by atoms with Gasteiger partial charge in [-0.2, -0.15) is 5.10 Å². The highest BCUT2D eigenvalue weighted by atomic mass is 35.5. The molecule has 1 fully saturated rings. The van der Waals surface area contributed by atoms with Gasteiger partial charge >= 0.3 is 0 Å². The van der Waals surface area contributed by atoms with E-state index >= 15 is 0 Å². The van der Waals surface area contributed by atoms with Crippen molar-refractivity contribution in [3.63, 3.8) is 0 Å². The van der Waals surface area contributed by atoms with Gasteiger partial charge in [-0.3, -0.25) is 16.0 Å². The molecule has 2 rings (SSSR count). The Morgan fingerprint density at radius 1 is 1.52 bits per heavy atom. The molecule has 1 aromatic heterocycles. The number of hydrogen-bond acceptors (Lipinski definition) is 5. The van der Waals surface area contributed by atoms with Gasteiger partial charge in [0.05, 0.1) is 28.1 Å². The zero-order valence-corrected chi connectivity index (χ0v) is 13.7. The number of nitrogens with two attached hydrogens (primary N) is 1. The summed E-state index contributed by atoms with van der Waals surface area (Å²) in [5.74, 6) is 5.82. The molecule has 1 aliphatic rings. The van der Waals surface area contributed by atoms with E-state index in [1.807, 2.05) is 11.6 Å². The number of hydrogen-bond donors (Lipinski definition) is 2. The highest BCUT2D eigenvalue weighted by molar-refractivity contribution is 6.31. The lowest BCUT2D eigenvalue weighted by atomic mass is 9.83. The van der Waals surface area contributed by atoms with Gasteiger partial charge in [-0.1, -0.05) is 11.6 Å². The number of hydrazine groups is 1. The van der Waals surface area contributed by atoms with Gasteiger partial charge in [-0.05, 0) is 13.8 Å². The van der Waals surface area contributed by atoms with Crippen LogP contribution < -0.4 is 11.3 Å². The van der Waals surface area contributed by atoms with E-state index in [4.69, 9.17) is 26.9 Å². The van der Waals surface area contributed by atoms with Gasteiger partial charge in [0.15, 0.2) is 0 Å². The Balaban J connectivity index is 2.26. The number of nitrogens with zero attached hydrogens (tertiary/aromatic N) is 2. The molecular formula is C14H25ClN4O2. The second-order valence-electron chi connectivity index (χ2n) is 5.47. The Labute approximate surface area is 130 Å². The maximum Gasteiger partial charge on any atom is 0.0891 e. The molecule has 0 amide bonds. The van der Waals surface area contributed by atoms with Crippen molar-refractivity contribution in [1.82, 2.24) is 15.2 Å². The van der Waals surface area contributed by atoms with Crippen molar-refractivity contribution < 1.29 is 9.47 Å². The first kappa shape index (κ1) is 16.7. The molecule has 1 saturated heterocycles. The van der Waals surface area contributed by atoms with Crippen molar-refractivity contribution in [3.05, 3.63) is 16.4 Å². The van der Waals surface area contributed by atoms with Crippen LogP contribution in [0, 0.1) is 6.92 Å². The second-order valence-corrected chi connectivity index (χ2v) is 5.84. The average Bonchev–Trinajstić information content (AvgIpc) is 2.80. The summed E-state index contributed by atoms with van der Waals surface area (Å²) in [5.41, 5.74) is 4.45. The SMILES string of the molecule is CCn1nc(C)c(Cl)c1CC(NN)C1(OC)CCOCC1. The zero-order valence-electron chi connectivity index (χ0n) is 13.0. The van der Waals surface area contributed by atoms with Crippen LogP contribution in [0.5, 0.6) is 0 Å². The topological polar surface area (TPSA) is 74.3 Å². The molecule has 2 heterocycles. The van der Waals surface area contributed by atoms with Crippen LogP contribution >= 0.6 is 11.6 Å². The van der Waals surface area contributed by atoms with E-state index < -0.39 is 0 Å². The molecular weight excluding hydrogens is 292 g/mol. The van der Waals surface area contributed by atoms with Crippen LogP contribution in [-0.4, -0.2) is 41.7 Å². The zero-order chi connectivity index (χ0) is 15.5. The first-order chi connectivity index (χ1) is 10.1. The normalized spacial score (nSPS) is 19.7. The monoisotopic (exact) mass is 316 g/mol. The number of halogens is 1. The predicted octanol–water partition coefficient (Wildman–Crippen LogP) is 1.43. The lowest BCUT2D eigenvalue weighted by molar-refractivity contribution is -0.110. The van der Waals surface area contributed by atoms with E-state index in [0.717, 1.165) is 35.8 Å². The van der Waals surface area contributed by atoms with Crippen molar-refractivity contribution in [2.75, 3.05) is 20.3 Å². The fraction of sp³-hybridized carbons (Fsp3) is 0.786. The molecule has 0 aromatic carbocycles. The molecule has 3 N–H and O–H groups in total. The third-order valence-electron chi connectivity index (χ3n) is 4.43. The minimum absolute atomic E-state index is 0.0368. The van der Waals surface area contributed by atoms with Crippen LogP contribution in [0.1, 0.15) is 31.2 Å². The Hall–Kier alpha value is -0.660. The standard InChI is InChI=1S/C14H25ClN4O2/c1-4-19-11(13(15)10(2)18-19)9-12(17-16)14(20-3)5-7-21-8-6-14/h12,17H,4-9,16H2,1-3H3. The quantitative estimate of drug-likeness (QED) is 0.613.